The second-order valence-corrected chi connectivity index (χ2v) is 6.65. The van der Waals surface area contributed by atoms with Crippen molar-refractivity contribution < 1.29 is 9.21 Å². The molecule has 1 fully saturated rings. The van der Waals surface area contributed by atoms with Gasteiger partial charge in [-0.3, -0.25) is 4.68 Å². The highest BCUT2D eigenvalue weighted by Gasteiger charge is 2.33. The standard InChI is InChI=1S/C18H26N4O2/c1-5-22-14(4)17(13(3)20-22)19-18(23)21-9-8-12(2)11-15(21)16-7-6-10-24-16/h6-7,10,12,15H,5,8-9,11H2,1-4H3,(H,19,23)/t12-,15+/m1/s1. The van der Waals surface area contributed by atoms with E-state index < -0.39 is 0 Å². The molecule has 0 bridgehead atoms. The van der Waals surface area contributed by atoms with E-state index in [2.05, 4.69) is 17.3 Å². The number of likely N-dealkylation sites (tertiary alicyclic amines) is 1. The number of aromatic nitrogens is 2. The summed E-state index contributed by atoms with van der Waals surface area (Å²) in [6.45, 7) is 9.71. The third-order valence-corrected chi connectivity index (χ3v) is 4.91. The average Bonchev–Trinajstić information content (AvgIpc) is 3.18. The Kier molecular flexibility index (Phi) is 4.64. The molecule has 24 heavy (non-hydrogen) atoms. The molecule has 0 aromatic carbocycles. The van der Waals surface area contributed by atoms with Crippen LogP contribution in [0.25, 0.3) is 0 Å². The van der Waals surface area contributed by atoms with Crippen molar-refractivity contribution in [3.63, 3.8) is 0 Å². The molecule has 130 valence electrons. The normalized spacial score (nSPS) is 21.1. The number of carbonyl (C=O) groups is 1. The Hall–Kier alpha value is -2.24. The van der Waals surface area contributed by atoms with E-state index in [1.54, 1.807) is 6.26 Å². The predicted octanol–water partition coefficient (Wildman–Crippen LogP) is 4.12. The maximum atomic E-state index is 12.9. The van der Waals surface area contributed by atoms with Gasteiger partial charge in [-0.2, -0.15) is 5.10 Å². The molecule has 6 nitrogen and oxygen atoms in total. The van der Waals surface area contributed by atoms with Gasteiger partial charge in [0.05, 0.1) is 29.4 Å². The van der Waals surface area contributed by atoms with Gasteiger partial charge in [-0.1, -0.05) is 6.92 Å². The van der Waals surface area contributed by atoms with Crippen LogP contribution < -0.4 is 5.32 Å². The number of hydrogen-bond acceptors (Lipinski definition) is 3. The lowest BCUT2D eigenvalue weighted by molar-refractivity contribution is 0.129. The van der Waals surface area contributed by atoms with Gasteiger partial charge in [0.1, 0.15) is 5.76 Å². The van der Waals surface area contributed by atoms with E-state index in [1.807, 2.05) is 42.5 Å². The highest BCUT2D eigenvalue weighted by molar-refractivity contribution is 5.91. The zero-order valence-corrected chi connectivity index (χ0v) is 14.9. The molecular formula is C18H26N4O2. The van der Waals surface area contributed by atoms with Crippen LogP contribution in [-0.2, 0) is 6.54 Å². The first kappa shape index (κ1) is 16.6. The van der Waals surface area contributed by atoms with Crippen LogP contribution >= 0.6 is 0 Å². The van der Waals surface area contributed by atoms with E-state index in [0.29, 0.717) is 5.92 Å². The van der Waals surface area contributed by atoms with Crippen LogP contribution in [0, 0.1) is 19.8 Å². The fraction of sp³-hybridized carbons (Fsp3) is 0.556. The molecule has 2 aromatic heterocycles. The van der Waals surface area contributed by atoms with Crippen LogP contribution in [0.5, 0.6) is 0 Å². The summed E-state index contributed by atoms with van der Waals surface area (Å²) in [5.74, 6) is 1.44. The third kappa shape index (κ3) is 3.05. The van der Waals surface area contributed by atoms with Crippen molar-refractivity contribution in [2.24, 2.45) is 5.92 Å². The molecule has 0 spiro atoms. The van der Waals surface area contributed by atoms with Gasteiger partial charge in [0, 0.05) is 13.1 Å². The summed E-state index contributed by atoms with van der Waals surface area (Å²) >= 11 is 0. The number of nitrogens with one attached hydrogen (secondary N) is 1. The zero-order chi connectivity index (χ0) is 17.3. The smallest absolute Gasteiger partial charge is 0.322 e. The highest BCUT2D eigenvalue weighted by atomic mass is 16.3. The fourth-order valence-electron chi connectivity index (χ4n) is 3.50. The number of aryl methyl sites for hydroxylation is 2. The van der Waals surface area contributed by atoms with Crippen LogP contribution in [0.4, 0.5) is 10.5 Å². The maximum absolute atomic E-state index is 12.9. The molecule has 0 radical (unpaired) electrons. The second-order valence-electron chi connectivity index (χ2n) is 6.65. The lowest BCUT2D eigenvalue weighted by Gasteiger charge is -2.37. The number of amides is 2. The van der Waals surface area contributed by atoms with Gasteiger partial charge in [0.15, 0.2) is 0 Å². The van der Waals surface area contributed by atoms with Crippen molar-refractivity contribution in [1.82, 2.24) is 14.7 Å². The Labute approximate surface area is 142 Å². The summed E-state index contributed by atoms with van der Waals surface area (Å²) in [4.78, 5) is 14.8. The monoisotopic (exact) mass is 330 g/mol. The number of carbonyl (C=O) groups excluding carboxylic acids is 1. The molecule has 0 saturated carbocycles. The minimum Gasteiger partial charge on any atom is -0.467 e. The van der Waals surface area contributed by atoms with Gasteiger partial charge in [-0.15, -0.1) is 0 Å². The minimum absolute atomic E-state index is 0.00872. The van der Waals surface area contributed by atoms with Gasteiger partial charge < -0.3 is 14.6 Å². The van der Waals surface area contributed by atoms with Gasteiger partial charge in [0.2, 0.25) is 0 Å². The molecule has 0 unspecified atom stereocenters. The highest BCUT2D eigenvalue weighted by Crippen LogP contribution is 2.35. The lowest BCUT2D eigenvalue weighted by Crippen LogP contribution is -2.43. The van der Waals surface area contributed by atoms with E-state index in [9.17, 15) is 4.79 Å². The van der Waals surface area contributed by atoms with Crippen molar-refractivity contribution >= 4 is 11.7 Å². The van der Waals surface area contributed by atoms with Gasteiger partial charge >= 0.3 is 6.03 Å². The molecule has 2 aromatic rings. The van der Waals surface area contributed by atoms with Crippen molar-refractivity contribution in [2.45, 2.75) is 53.1 Å². The molecule has 0 aliphatic carbocycles. The third-order valence-electron chi connectivity index (χ3n) is 4.91. The van der Waals surface area contributed by atoms with Gasteiger partial charge in [-0.25, -0.2) is 4.79 Å². The SMILES string of the molecule is CCn1nc(C)c(NC(=O)N2CC[C@@H](C)C[C@H]2c2ccco2)c1C. The Morgan fingerprint density at radius 1 is 1.46 bits per heavy atom. The van der Waals surface area contributed by atoms with Crippen molar-refractivity contribution in [3.05, 3.63) is 35.5 Å². The van der Waals surface area contributed by atoms with E-state index in [-0.39, 0.29) is 12.1 Å². The topological polar surface area (TPSA) is 63.3 Å². The predicted molar refractivity (Wildman–Crippen MR) is 92.9 cm³/mol. The number of hydrogen-bond donors (Lipinski definition) is 1. The van der Waals surface area contributed by atoms with Crippen molar-refractivity contribution in [3.8, 4) is 0 Å². The van der Waals surface area contributed by atoms with E-state index >= 15 is 0 Å². The molecule has 1 saturated heterocycles. The molecule has 6 heteroatoms. The minimum atomic E-state index is -0.0786. The molecule has 2 atom stereocenters. The average molecular weight is 330 g/mol. The lowest BCUT2D eigenvalue weighted by atomic mass is 9.91. The largest absolute Gasteiger partial charge is 0.467 e. The Morgan fingerprint density at radius 2 is 2.25 bits per heavy atom. The molecule has 2 amide bonds. The van der Waals surface area contributed by atoms with E-state index in [0.717, 1.165) is 48.8 Å². The fourth-order valence-corrected chi connectivity index (χ4v) is 3.50. The number of rotatable bonds is 3. The van der Waals surface area contributed by atoms with E-state index in [1.165, 1.54) is 0 Å². The first-order valence-corrected chi connectivity index (χ1v) is 8.66. The number of nitrogens with zero attached hydrogens (tertiary/aromatic N) is 3. The molecule has 3 rings (SSSR count). The zero-order valence-electron chi connectivity index (χ0n) is 14.9. The Morgan fingerprint density at radius 3 is 2.88 bits per heavy atom. The van der Waals surface area contributed by atoms with Crippen LogP contribution in [0.2, 0.25) is 0 Å². The Balaban J connectivity index is 1.81. The molecule has 1 aliphatic heterocycles. The Bertz CT molecular complexity index is 705. The number of anilines is 1. The van der Waals surface area contributed by atoms with Gasteiger partial charge in [0.25, 0.3) is 0 Å². The van der Waals surface area contributed by atoms with Gasteiger partial charge in [-0.05, 0) is 51.7 Å². The van der Waals surface area contributed by atoms with Crippen LogP contribution in [0.15, 0.2) is 22.8 Å². The summed E-state index contributed by atoms with van der Waals surface area (Å²) in [5.41, 5.74) is 2.66. The summed E-state index contributed by atoms with van der Waals surface area (Å²) in [6.07, 6.45) is 3.61. The summed E-state index contributed by atoms with van der Waals surface area (Å²) in [5, 5.41) is 7.54. The molecular weight excluding hydrogens is 304 g/mol. The maximum Gasteiger partial charge on any atom is 0.322 e. The first-order chi connectivity index (χ1) is 11.5. The van der Waals surface area contributed by atoms with E-state index in [4.69, 9.17) is 4.42 Å². The number of urea groups is 1. The van der Waals surface area contributed by atoms with Crippen molar-refractivity contribution in [1.29, 1.82) is 0 Å². The first-order valence-electron chi connectivity index (χ1n) is 8.66. The summed E-state index contributed by atoms with van der Waals surface area (Å²) < 4.78 is 7.49. The van der Waals surface area contributed by atoms with Crippen LogP contribution in [-0.4, -0.2) is 27.3 Å². The quantitative estimate of drug-likeness (QED) is 0.921. The molecule has 3 heterocycles. The molecule has 1 aliphatic rings. The van der Waals surface area contributed by atoms with Crippen LogP contribution in [0.1, 0.15) is 49.9 Å². The van der Waals surface area contributed by atoms with Crippen LogP contribution in [0.3, 0.4) is 0 Å². The van der Waals surface area contributed by atoms with Crippen molar-refractivity contribution in [2.75, 3.05) is 11.9 Å². The summed E-state index contributed by atoms with van der Waals surface area (Å²) in [7, 11) is 0. The number of piperidine rings is 1. The second kappa shape index (κ2) is 6.71. The number of furan rings is 1. The molecule has 1 N–H and O–H groups in total. The summed E-state index contributed by atoms with van der Waals surface area (Å²) in [6, 6.07) is 3.74.